The van der Waals surface area contributed by atoms with E-state index in [4.69, 9.17) is 4.74 Å². The lowest BCUT2D eigenvalue weighted by Gasteiger charge is -2.32. The number of allylic oxidation sites excluding steroid dienone is 2. The molecule has 0 unspecified atom stereocenters. The summed E-state index contributed by atoms with van der Waals surface area (Å²) in [4.78, 5) is 37.8. The molecule has 0 spiro atoms. The fraction of sp³-hybridized carbons (Fsp3) is 0.536. The molecule has 0 saturated carbocycles. The Morgan fingerprint density at radius 3 is 2.34 bits per heavy atom. The Morgan fingerprint density at radius 2 is 1.77 bits per heavy atom. The number of aliphatic hydroxyl groups excluding tert-OH is 1. The molecule has 1 aromatic rings. The summed E-state index contributed by atoms with van der Waals surface area (Å²) >= 11 is 0. The first kappa shape index (κ1) is 30.1. The first-order valence-corrected chi connectivity index (χ1v) is 12.2. The number of rotatable bonds is 16. The number of carbonyl (C=O) groups excluding carboxylic acids is 3. The lowest BCUT2D eigenvalue weighted by atomic mass is 9.86. The number of benzene rings is 1. The van der Waals surface area contributed by atoms with Gasteiger partial charge in [-0.15, -0.1) is 13.2 Å². The van der Waals surface area contributed by atoms with Crippen LogP contribution in [0.15, 0.2) is 55.6 Å². The van der Waals surface area contributed by atoms with E-state index in [9.17, 15) is 19.5 Å². The number of hydrogen-bond donors (Lipinski definition) is 3. The summed E-state index contributed by atoms with van der Waals surface area (Å²) in [7, 11) is 0. The van der Waals surface area contributed by atoms with Crippen molar-refractivity contribution < 1.29 is 24.2 Å². The molecule has 194 valence electrons. The topological polar surface area (TPSA) is 105 Å². The van der Waals surface area contributed by atoms with Gasteiger partial charge in [0.15, 0.2) is 0 Å². The van der Waals surface area contributed by atoms with Crippen molar-refractivity contribution >= 4 is 17.8 Å². The minimum Gasteiger partial charge on any atom is -0.463 e. The van der Waals surface area contributed by atoms with Gasteiger partial charge in [0.25, 0.3) is 0 Å². The second kappa shape index (κ2) is 15.9. The van der Waals surface area contributed by atoms with Gasteiger partial charge in [-0.2, -0.15) is 0 Å². The van der Waals surface area contributed by atoms with Crippen molar-refractivity contribution in [3.8, 4) is 0 Å². The van der Waals surface area contributed by atoms with E-state index in [1.807, 2.05) is 51.1 Å². The fourth-order valence-electron chi connectivity index (χ4n) is 3.49. The Kier molecular flexibility index (Phi) is 13.7. The van der Waals surface area contributed by atoms with Gasteiger partial charge in [-0.25, -0.2) is 0 Å². The van der Waals surface area contributed by atoms with Crippen LogP contribution in [-0.4, -0.2) is 48.2 Å². The van der Waals surface area contributed by atoms with Crippen LogP contribution in [0.3, 0.4) is 0 Å². The molecule has 0 bridgehead atoms. The summed E-state index contributed by atoms with van der Waals surface area (Å²) in [5.74, 6) is -1.56. The number of nitrogens with one attached hydrogen (secondary N) is 2. The number of ether oxygens (including phenoxy) is 1. The van der Waals surface area contributed by atoms with Crippen LogP contribution >= 0.6 is 0 Å². The van der Waals surface area contributed by atoms with Crippen molar-refractivity contribution in [2.24, 2.45) is 11.3 Å². The highest BCUT2D eigenvalue weighted by Crippen LogP contribution is 2.21. The zero-order chi connectivity index (χ0) is 26.3. The van der Waals surface area contributed by atoms with Crippen LogP contribution in [0.4, 0.5) is 0 Å². The number of carbonyl (C=O) groups is 3. The molecule has 7 nitrogen and oxygen atoms in total. The number of aliphatic hydroxyl groups is 1. The van der Waals surface area contributed by atoms with E-state index >= 15 is 0 Å². The standard InChI is InChI=1S/C28H42N2O5/c1-6-8-10-16-26(33)35-20-24(28(3,4)5)30-27(34)22(13-7-2)18-25(32)29-23(19-31)17-21-14-11-9-12-15-21/h6-7,9,11-12,14-15,22-24,31H,1-2,8,10,13,16-20H2,3-5H3,(H,29,32)(H,30,34)/t22-,23+,24-/m1/s1. The highest BCUT2D eigenvalue weighted by Gasteiger charge is 2.31. The number of amides is 2. The van der Waals surface area contributed by atoms with Gasteiger partial charge in [-0.1, -0.05) is 63.3 Å². The van der Waals surface area contributed by atoms with E-state index in [2.05, 4.69) is 23.8 Å². The van der Waals surface area contributed by atoms with Crippen molar-refractivity contribution in [3.63, 3.8) is 0 Å². The molecule has 35 heavy (non-hydrogen) atoms. The zero-order valence-electron chi connectivity index (χ0n) is 21.4. The third-order valence-electron chi connectivity index (χ3n) is 5.73. The van der Waals surface area contributed by atoms with E-state index < -0.39 is 18.0 Å². The molecular formula is C28H42N2O5. The highest BCUT2D eigenvalue weighted by molar-refractivity contribution is 5.86. The van der Waals surface area contributed by atoms with Gasteiger partial charge in [-0.3, -0.25) is 14.4 Å². The molecule has 0 heterocycles. The fourth-order valence-corrected chi connectivity index (χ4v) is 3.49. The molecule has 1 aromatic carbocycles. The van der Waals surface area contributed by atoms with E-state index in [1.54, 1.807) is 12.2 Å². The van der Waals surface area contributed by atoms with Gasteiger partial charge in [0.2, 0.25) is 11.8 Å². The molecule has 0 aromatic heterocycles. The Bertz CT molecular complexity index is 816. The lowest BCUT2D eigenvalue weighted by Crippen LogP contribution is -2.50. The average molecular weight is 487 g/mol. The van der Waals surface area contributed by atoms with Gasteiger partial charge in [0.1, 0.15) is 6.61 Å². The summed E-state index contributed by atoms with van der Waals surface area (Å²) in [5, 5.41) is 15.5. The zero-order valence-corrected chi connectivity index (χ0v) is 21.4. The molecule has 1 rings (SSSR count). The maximum Gasteiger partial charge on any atom is 0.305 e. The van der Waals surface area contributed by atoms with E-state index in [1.165, 1.54) is 0 Å². The van der Waals surface area contributed by atoms with Crippen LogP contribution < -0.4 is 10.6 Å². The largest absolute Gasteiger partial charge is 0.463 e. The van der Waals surface area contributed by atoms with Crippen LogP contribution in [0.2, 0.25) is 0 Å². The molecule has 3 N–H and O–H groups in total. The summed E-state index contributed by atoms with van der Waals surface area (Å²) < 4.78 is 5.41. The molecular weight excluding hydrogens is 444 g/mol. The van der Waals surface area contributed by atoms with Crippen molar-refractivity contribution in [2.45, 2.75) is 71.4 Å². The van der Waals surface area contributed by atoms with Gasteiger partial charge in [0, 0.05) is 12.8 Å². The van der Waals surface area contributed by atoms with Crippen LogP contribution in [0.25, 0.3) is 0 Å². The van der Waals surface area contributed by atoms with Crippen LogP contribution in [0, 0.1) is 11.3 Å². The van der Waals surface area contributed by atoms with Crippen molar-refractivity contribution in [1.29, 1.82) is 0 Å². The second-order valence-electron chi connectivity index (χ2n) is 9.85. The lowest BCUT2D eigenvalue weighted by molar-refractivity contribution is -0.146. The summed E-state index contributed by atoms with van der Waals surface area (Å²) in [6, 6.07) is 8.71. The van der Waals surface area contributed by atoms with E-state index in [-0.39, 0.29) is 42.8 Å². The minimum atomic E-state index is -0.628. The monoisotopic (exact) mass is 486 g/mol. The first-order valence-electron chi connectivity index (χ1n) is 12.2. The summed E-state index contributed by atoms with van der Waals surface area (Å²) in [6.07, 6.45) is 5.84. The first-order chi connectivity index (χ1) is 16.6. The molecule has 0 fully saturated rings. The summed E-state index contributed by atoms with van der Waals surface area (Å²) in [5.41, 5.74) is 0.634. The Labute approximate surface area is 210 Å². The normalized spacial score (nSPS) is 13.7. The van der Waals surface area contributed by atoms with Crippen molar-refractivity contribution in [1.82, 2.24) is 10.6 Å². The molecule has 0 aliphatic rings. The van der Waals surface area contributed by atoms with Crippen LogP contribution in [0.5, 0.6) is 0 Å². The third-order valence-corrected chi connectivity index (χ3v) is 5.73. The van der Waals surface area contributed by atoms with Crippen molar-refractivity contribution in [3.05, 3.63) is 61.2 Å². The van der Waals surface area contributed by atoms with E-state index in [0.717, 1.165) is 12.0 Å². The average Bonchev–Trinajstić information content (AvgIpc) is 2.81. The molecule has 7 heteroatoms. The van der Waals surface area contributed by atoms with Gasteiger partial charge < -0.3 is 20.5 Å². The van der Waals surface area contributed by atoms with Gasteiger partial charge in [0.05, 0.1) is 24.6 Å². The molecule has 2 amide bonds. The quantitative estimate of drug-likeness (QED) is 0.188. The Balaban J connectivity index is 2.72. The van der Waals surface area contributed by atoms with Crippen LogP contribution in [0.1, 0.15) is 58.4 Å². The van der Waals surface area contributed by atoms with Crippen molar-refractivity contribution in [2.75, 3.05) is 13.2 Å². The maximum absolute atomic E-state index is 13.1. The molecule has 3 atom stereocenters. The van der Waals surface area contributed by atoms with Crippen LogP contribution in [-0.2, 0) is 25.5 Å². The summed E-state index contributed by atoms with van der Waals surface area (Å²) in [6.45, 7) is 13.1. The van der Waals surface area contributed by atoms with Gasteiger partial charge >= 0.3 is 5.97 Å². The second-order valence-corrected chi connectivity index (χ2v) is 9.85. The highest BCUT2D eigenvalue weighted by atomic mass is 16.5. The van der Waals surface area contributed by atoms with Gasteiger partial charge in [-0.05, 0) is 36.7 Å². The minimum absolute atomic E-state index is 0.0403. The predicted octanol–water partition coefficient (Wildman–Crippen LogP) is 3.72. The molecule has 0 saturated heterocycles. The molecule has 0 aliphatic heterocycles. The molecule has 0 aliphatic carbocycles. The predicted molar refractivity (Wildman–Crippen MR) is 138 cm³/mol. The van der Waals surface area contributed by atoms with E-state index in [0.29, 0.717) is 25.7 Å². The third kappa shape index (κ3) is 12.4. The number of hydrogen-bond acceptors (Lipinski definition) is 5. The number of unbranched alkanes of at least 4 members (excludes halogenated alkanes) is 1. The smallest absolute Gasteiger partial charge is 0.305 e. The number of esters is 1. The SMILES string of the molecule is C=CCCCC(=O)OC[C@@H](NC(=O)[C@H](CC=C)CC(=O)N[C@H](CO)Cc1ccccc1)C(C)(C)C. The Hall–Kier alpha value is -2.93. The molecule has 0 radical (unpaired) electrons. The Morgan fingerprint density at radius 1 is 1.09 bits per heavy atom. The maximum atomic E-state index is 13.1.